The molecule has 1 unspecified atom stereocenters. The summed E-state index contributed by atoms with van der Waals surface area (Å²) in [6.45, 7) is 2.15. The van der Waals surface area contributed by atoms with Gasteiger partial charge in [0.25, 0.3) is 0 Å². The lowest BCUT2D eigenvalue weighted by molar-refractivity contribution is -0.141. The standard InChI is InChI=1S/C15H26N2O4/c1-2-3-4-5-6-7-8-9-14(19)17-12(15(20)21)10-11-13(16)18/h8-9,12H,2-7,10-11H2,1H3,(H2,16,18)(H,17,19)(H,20,21)/b9-8+. The molecule has 0 saturated heterocycles. The fourth-order valence-electron chi connectivity index (χ4n) is 1.82. The number of carbonyl (C=O) groups is 3. The molecule has 0 saturated carbocycles. The summed E-state index contributed by atoms with van der Waals surface area (Å²) in [4.78, 5) is 33.1. The molecule has 2 amide bonds. The van der Waals surface area contributed by atoms with Gasteiger partial charge in [-0.25, -0.2) is 4.79 Å². The van der Waals surface area contributed by atoms with Crippen molar-refractivity contribution in [3.05, 3.63) is 12.2 Å². The van der Waals surface area contributed by atoms with Crippen LogP contribution in [0, 0.1) is 0 Å². The van der Waals surface area contributed by atoms with Crippen LogP contribution in [0.2, 0.25) is 0 Å². The Balaban J connectivity index is 3.96. The van der Waals surface area contributed by atoms with Crippen molar-refractivity contribution in [3.8, 4) is 0 Å². The number of allylic oxidation sites excluding steroid dienone is 1. The molecule has 6 heteroatoms. The Morgan fingerprint density at radius 2 is 1.86 bits per heavy atom. The summed E-state index contributed by atoms with van der Waals surface area (Å²) >= 11 is 0. The van der Waals surface area contributed by atoms with Gasteiger partial charge < -0.3 is 16.2 Å². The Morgan fingerprint density at radius 1 is 1.19 bits per heavy atom. The molecular formula is C15H26N2O4. The number of amides is 2. The van der Waals surface area contributed by atoms with E-state index in [1.807, 2.05) is 0 Å². The molecule has 0 spiro atoms. The van der Waals surface area contributed by atoms with Gasteiger partial charge in [0.05, 0.1) is 0 Å². The van der Waals surface area contributed by atoms with Crippen molar-refractivity contribution in [2.45, 2.75) is 64.3 Å². The van der Waals surface area contributed by atoms with Gasteiger partial charge in [-0.3, -0.25) is 9.59 Å². The van der Waals surface area contributed by atoms with Crippen LogP contribution >= 0.6 is 0 Å². The van der Waals surface area contributed by atoms with E-state index < -0.39 is 23.8 Å². The number of aliphatic carboxylic acids is 1. The van der Waals surface area contributed by atoms with E-state index >= 15 is 0 Å². The van der Waals surface area contributed by atoms with E-state index in [-0.39, 0.29) is 12.8 Å². The van der Waals surface area contributed by atoms with Gasteiger partial charge in [0.2, 0.25) is 11.8 Å². The molecule has 0 aliphatic heterocycles. The molecule has 0 aliphatic rings. The van der Waals surface area contributed by atoms with Gasteiger partial charge >= 0.3 is 5.97 Å². The van der Waals surface area contributed by atoms with Crippen molar-refractivity contribution >= 4 is 17.8 Å². The highest BCUT2D eigenvalue weighted by molar-refractivity contribution is 5.91. The molecule has 4 N–H and O–H groups in total. The minimum Gasteiger partial charge on any atom is -0.480 e. The summed E-state index contributed by atoms with van der Waals surface area (Å²) in [5, 5.41) is 11.3. The number of unbranched alkanes of at least 4 members (excludes halogenated alkanes) is 5. The number of carbonyl (C=O) groups excluding carboxylic acids is 2. The summed E-state index contributed by atoms with van der Waals surface area (Å²) < 4.78 is 0. The minimum atomic E-state index is -1.17. The molecule has 21 heavy (non-hydrogen) atoms. The zero-order chi connectivity index (χ0) is 16.1. The number of carboxylic acid groups (broad SMARTS) is 1. The molecule has 0 aromatic heterocycles. The molecule has 6 nitrogen and oxygen atoms in total. The molecule has 0 radical (unpaired) electrons. The Hall–Kier alpha value is -1.85. The molecule has 0 rings (SSSR count). The quantitative estimate of drug-likeness (QED) is 0.376. The first-order chi connectivity index (χ1) is 9.97. The van der Waals surface area contributed by atoms with Crippen molar-refractivity contribution in [2.24, 2.45) is 5.73 Å². The fraction of sp³-hybridized carbons (Fsp3) is 0.667. The predicted molar refractivity (Wildman–Crippen MR) is 80.5 cm³/mol. The molecule has 0 bridgehead atoms. The average Bonchev–Trinajstić information content (AvgIpc) is 2.41. The minimum absolute atomic E-state index is 0.00125. The van der Waals surface area contributed by atoms with Crippen molar-refractivity contribution < 1.29 is 19.5 Å². The molecule has 0 aliphatic carbocycles. The second kappa shape index (κ2) is 11.9. The Bertz CT molecular complexity index is 367. The summed E-state index contributed by atoms with van der Waals surface area (Å²) in [7, 11) is 0. The maximum atomic E-state index is 11.6. The Morgan fingerprint density at radius 3 is 2.43 bits per heavy atom. The highest BCUT2D eigenvalue weighted by Gasteiger charge is 2.19. The van der Waals surface area contributed by atoms with Gasteiger partial charge in [-0.15, -0.1) is 0 Å². The summed E-state index contributed by atoms with van der Waals surface area (Å²) in [6.07, 6.45) is 9.60. The fourth-order valence-corrected chi connectivity index (χ4v) is 1.82. The van der Waals surface area contributed by atoms with Crippen LogP contribution in [0.4, 0.5) is 0 Å². The van der Waals surface area contributed by atoms with Crippen LogP contribution in [-0.2, 0) is 14.4 Å². The van der Waals surface area contributed by atoms with Crippen LogP contribution in [0.5, 0.6) is 0 Å². The third kappa shape index (κ3) is 11.7. The smallest absolute Gasteiger partial charge is 0.326 e. The molecule has 120 valence electrons. The third-order valence-corrected chi connectivity index (χ3v) is 3.04. The monoisotopic (exact) mass is 298 g/mol. The lowest BCUT2D eigenvalue weighted by Gasteiger charge is -2.11. The third-order valence-electron chi connectivity index (χ3n) is 3.04. The van der Waals surface area contributed by atoms with Gasteiger partial charge in [0.15, 0.2) is 0 Å². The maximum Gasteiger partial charge on any atom is 0.326 e. The van der Waals surface area contributed by atoms with Crippen molar-refractivity contribution in [1.82, 2.24) is 5.32 Å². The van der Waals surface area contributed by atoms with E-state index in [0.717, 1.165) is 19.3 Å². The van der Waals surface area contributed by atoms with Crippen LogP contribution < -0.4 is 11.1 Å². The van der Waals surface area contributed by atoms with Crippen LogP contribution in [0.15, 0.2) is 12.2 Å². The lowest BCUT2D eigenvalue weighted by Crippen LogP contribution is -2.40. The second-order valence-corrected chi connectivity index (χ2v) is 5.01. The van der Waals surface area contributed by atoms with Crippen LogP contribution in [0.3, 0.4) is 0 Å². The predicted octanol–water partition coefficient (Wildman–Crippen LogP) is 1.74. The number of hydrogen-bond acceptors (Lipinski definition) is 3. The average molecular weight is 298 g/mol. The van der Waals surface area contributed by atoms with E-state index in [1.165, 1.54) is 25.3 Å². The zero-order valence-electron chi connectivity index (χ0n) is 12.6. The lowest BCUT2D eigenvalue weighted by atomic mass is 10.1. The summed E-state index contributed by atoms with van der Waals surface area (Å²) in [5.74, 6) is -2.21. The first-order valence-electron chi connectivity index (χ1n) is 7.45. The number of rotatable bonds is 12. The van der Waals surface area contributed by atoms with Crippen molar-refractivity contribution in [2.75, 3.05) is 0 Å². The van der Waals surface area contributed by atoms with Crippen LogP contribution in [-0.4, -0.2) is 28.9 Å². The molecule has 0 aromatic carbocycles. The van der Waals surface area contributed by atoms with Crippen LogP contribution in [0.1, 0.15) is 58.3 Å². The normalized spacial score (nSPS) is 12.2. The van der Waals surface area contributed by atoms with Gasteiger partial charge in [-0.2, -0.15) is 0 Å². The first kappa shape index (κ1) is 19.1. The summed E-state index contributed by atoms with van der Waals surface area (Å²) in [6, 6.07) is -1.08. The van der Waals surface area contributed by atoms with Gasteiger partial charge in [0, 0.05) is 6.42 Å². The Kier molecular flexibility index (Phi) is 10.9. The summed E-state index contributed by atoms with van der Waals surface area (Å²) in [5.41, 5.74) is 4.96. The van der Waals surface area contributed by atoms with E-state index in [1.54, 1.807) is 6.08 Å². The molecule has 1 atom stereocenters. The largest absolute Gasteiger partial charge is 0.480 e. The van der Waals surface area contributed by atoms with E-state index in [4.69, 9.17) is 10.8 Å². The molecule has 0 aromatic rings. The number of nitrogens with one attached hydrogen (secondary N) is 1. The number of primary amides is 1. The van der Waals surface area contributed by atoms with Crippen molar-refractivity contribution in [1.29, 1.82) is 0 Å². The van der Waals surface area contributed by atoms with Gasteiger partial charge in [-0.05, 0) is 25.3 Å². The number of nitrogens with two attached hydrogens (primary N) is 1. The van der Waals surface area contributed by atoms with E-state index in [9.17, 15) is 14.4 Å². The molecular weight excluding hydrogens is 272 g/mol. The van der Waals surface area contributed by atoms with Gasteiger partial charge in [0.1, 0.15) is 6.04 Å². The maximum absolute atomic E-state index is 11.6. The zero-order valence-corrected chi connectivity index (χ0v) is 12.6. The van der Waals surface area contributed by atoms with Crippen LogP contribution in [0.25, 0.3) is 0 Å². The van der Waals surface area contributed by atoms with E-state index in [2.05, 4.69) is 12.2 Å². The highest BCUT2D eigenvalue weighted by atomic mass is 16.4. The molecule has 0 fully saturated rings. The second-order valence-electron chi connectivity index (χ2n) is 5.01. The first-order valence-corrected chi connectivity index (χ1v) is 7.45. The Labute approximate surface area is 125 Å². The number of carboxylic acids is 1. The SMILES string of the molecule is CCCCCCC/C=C/C(=O)NC(CCC(N)=O)C(=O)O. The van der Waals surface area contributed by atoms with Gasteiger partial charge in [-0.1, -0.05) is 38.7 Å². The topological polar surface area (TPSA) is 109 Å². The number of hydrogen-bond donors (Lipinski definition) is 3. The van der Waals surface area contributed by atoms with E-state index in [0.29, 0.717) is 0 Å². The van der Waals surface area contributed by atoms with Crippen molar-refractivity contribution in [3.63, 3.8) is 0 Å². The highest BCUT2D eigenvalue weighted by Crippen LogP contribution is 2.05. The molecule has 0 heterocycles.